The van der Waals surface area contributed by atoms with Gasteiger partial charge in [-0.05, 0) is 31.4 Å². The van der Waals surface area contributed by atoms with Crippen LogP contribution in [0.3, 0.4) is 0 Å². The van der Waals surface area contributed by atoms with Crippen LogP contribution in [0.15, 0.2) is 12.1 Å². The van der Waals surface area contributed by atoms with Gasteiger partial charge in [-0.3, -0.25) is 0 Å². The summed E-state index contributed by atoms with van der Waals surface area (Å²) in [5, 5.41) is 0. The molecule has 3 heteroatoms. The van der Waals surface area contributed by atoms with E-state index < -0.39 is 0 Å². The molecule has 1 aliphatic carbocycles. The average Bonchev–Trinajstić information content (AvgIpc) is 2.59. The molecule has 0 aliphatic heterocycles. The average molecular weight is 258 g/mol. The molecule has 1 aromatic heterocycles. The fraction of sp³-hybridized carbons (Fsp3) is 0.692. The molecule has 1 aliphatic rings. The zero-order valence-corrected chi connectivity index (χ0v) is 11.2. The van der Waals surface area contributed by atoms with Crippen LogP contribution >= 0.6 is 22.9 Å². The number of hydrogen-bond acceptors (Lipinski definition) is 2. The summed E-state index contributed by atoms with van der Waals surface area (Å²) in [6, 6.07) is 4.11. The Morgan fingerprint density at radius 3 is 2.31 bits per heavy atom. The minimum absolute atomic E-state index is 0.0224. The van der Waals surface area contributed by atoms with Crippen LogP contribution in [0.1, 0.15) is 49.8 Å². The van der Waals surface area contributed by atoms with Gasteiger partial charge in [-0.1, -0.05) is 43.7 Å². The van der Waals surface area contributed by atoms with E-state index in [1.54, 1.807) is 11.3 Å². The van der Waals surface area contributed by atoms with Gasteiger partial charge in [-0.25, -0.2) is 0 Å². The lowest BCUT2D eigenvalue weighted by Crippen LogP contribution is -2.42. The second-order valence-electron chi connectivity index (χ2n) is 5.01. The standard InChI is InChI=1S/C13H20ClNS/c14-12-7-6-11(16-12)10-13(15)8-4-2-1-3-5-9-13/h6-7H,1-5,8-10,15H2. The molecular weight excluding hydrogens is 238 g/mol. The molecule has 2 rings (SSSR count). The molecule has 0 unspecified atom stereocenters. The van der Waals surface area contributed by atoms with Crippen molar-refractivity contribution >= 4 is 22.9 Å². The summed E-state index contributed by atoms with van der Waals surface area (Å²) in [7, 11) is 0. The minimum Gasteiger partial charge on any atom is -0.325 e. The van der Waals surface area contributed by atoms with E-state index in [1.165, 1.54) is 49.8 Å². The van der Waals surface area contributed by atoms with E-state index in [0.717, 1.165) is 10.8 Å². The first-order valence-corrected chi connectivity index (χ1v) is 7.41. The van der Waals surface area contributed by atoms with Gasteiger partial charge in [0.15, 0.2) is 0 Å². The molecule has 0 radical (unpaired) electrons. The van der Waals surface area contributed by atoms with E-state index in [2.05, 4.69) is 6.07 Å². The second kappa shape index (κ2) is 5.52. The predicted molar refractivity (Wildman–Crippen MR) is 72.3 cm³/mol. The van der Waals surface area contributed by atoms with Crippen LogP contribution in [0.4, 0.5) is 0 Å². The smallest absolute Gasteiger partial charge is 0.0931 e. The number of hydrogen-bond donors (Lipinski definition) is 1. The summed E-state index contributed by atoms with van der Waals surface area (Å²) in [6.07, 6.45) is 10.0. The van der Waals surface area contributed by atoms with E-state index in [1.807, 2.05) is 6.07 Å². The van der Waals surface area contributed by atoms with Crippen molar-refractivity contribution < 1.29 is 0 Å². The SMILES string of the molecule is NC1(Cc2ccc(Cl)s2)CCCCCCC1. The van der Waals surface area contributed by atoms with Crippen molar-refractivity contribution in [2.24, 2.45) is 5.73 Å². The third kappa shape index (κ3) is 3.47. The Morgan fingerprint density at radius 1 is 1.12 bits per heavy atom. The van der Waals surface area contributed by atoms with Gasteiger partial charge in [-0.2, -0.15) is 0 Å². The summed E-state index contributed by atoms with van der Waals surface area (Å²) in [6.45, 7) is 0. The molecule has 0 atom stereocenters. The number of rotatable bonds is 2. The predicted octanol–water partition coefficient (Wildman–Crippen LogP) is 4.39. The molecule has 1 nitrogen and oxygen atoms in total. The fourth-order valence-electron chi connectivity index (χ4n) is 2.58. The Bertz CT molecular complexity index is 326. The van der Waals surface area contributed by atoms with Crippen molar-refractivity contribution in [3.8, 4) is 0 Å². The lowest BCUT2D eigenvalue weighted by Gasteiger charge is -2.31. The maximum absolute atomic E-state index is 6.53. The summed E-state index contributed by atoms with van der Waals surface area (Å²) >= 11 is 7.64. The van der Waals surface area contributed by atoms with E-state index in [0.29, 0.717) is 0 Å². The Balaban J connectivity index is 1.99. The quantitative estimate of drug-likeness (QED) is 0.836. The molecule has 1 heterocycles. The third-order valence-corrected chi connectivity index (χ3v) is 4.74. The molecule has 1 fully saturated rings. The molecule has 1 aromatic rings. The van der Waals surface area contributed by atoms with Crippen molar-refractivity contribution in [2.75, 3.05) is 0 Å². The van der Waals surface area contributed by atoms with Crippen LogP contribution < -0.4 is 5.73 Å². The molecule has 0 amide bonds. The highest BCUT2D eigenvalue weighted by Crippen LogP contribution is 2.31. The summed E-state index contributed by atoms with van der Waals surface area (Å²) in [5.74, 6) is 0. The highest BCUT2D eigenvalue weighted by atomic mass is 35.5. The first-order valence-electron chi connectivity index (χ1n) is 6.21. The zero-order valence-electron chi connectivity index (χ0n) is 9.68. The van der Waals surface area contributed by atoms with Crippen molar-refractivity contribution in [3.05, 3.63) is 21.3 Å². The van der Waals surface area contributed by atoms with Gasteiger partial charge < -0.3 is 5.73 Å². The largest absolute Gasteiger partial charge is 0.325 e. The van der Waals surface area contributed by atoms with E-state index >= 15 is 0 Å². The summed E-state index contributed by atoms with van der Waals surface area (Å²) < 4.78 is 0.879. The Morgan fingerprint density at radius 2 is 1.75 bits per heavy atom. The second-order valence-corrected chi connectivity index (χ2v) is 6.81. The highest BCUT2D eigenvalue weighted by Gasteiger charge is 2.26. The van der Waals surface area contributed by atoms with Crippen LogP contribution in [0.25, 0.3) is 0 Å². The number of thiophene rings is 1. The van der Waals surface area contributed by atoms with Gasteiger partial charge in [0, 0.05) is 10.4 Å². The molecule has 0 aromatic carbocycles. The summed E-state index contributed by atoms with van der Waals surface area (Å²) in [4.78, 5) is 1.34. The van der Waals surface area contributed by atoms with Crippen molar-refractivity contribution in [3.63, 3.8) is 0 Å². The molecule has 0 spiro atoms. The Labute approximate surface area is 107 Å². The van der Waals surface area contributed by atoms with Crippen LogP contribution in [0.2, 0.25) is 4.34 Å². The monoisotopic (exact) mass is 257 g/mol. The molecule has 2 N–H and O–H groups in total. The van der Waals surface area contributed by atoms with Crippen LogP contribution in [-0.2, 0) is 6.42 Å². The van der Waals surface area contributed by atoms with Gasteiger partial charge in [0.1, 0.15) is 0 Å². The van der Waals surface area contributed by atoms with Gasteiger partial charge >= 0.3 is 0 Å². The number of halogens is 1. The Kier molecular flexibility index (Phi) is 4.28. The molecule has 90 valence electrons. The lowest BCUT2D eigenvalue weighted by molar-refractivity contribution is 0.316. The normalized spacial score (nSPS) is 21.4. The third-order valence-electron chi connectivity index (χ3n) is 3.50. The van der Waals surface area contributed by atoms with Gasteiger partial charge in [-0.15, -0.1) is 11.3 Å². The maximum Gasteiger partial charge on any atom is 0.0931 e. The van der Waals surface area contributed by atoms with Crippen molar-refractivity contribution in [1.29, 1.82) is 0 Å². The van der Waals surface area contributed by atoms with Crippen molar-refractivity contribution in [1.82, 2.24) is 0 Å². The van der Waals surface area contributed by atoms with Gasteiger partial charge in [0.05, 0.1) is 4.34 Å². The Hall–Kier alpha value is -0.0500. The molecule has 0 bridgehead atoms. The van der Waals surface area contributed by atoms with Crippen LogP contribution in [-0.4, -0.2) is 5.54 Å². The van der Waals surface area contributed by atoms with E-state index in [9.17, 15) is 0 Å². The van der Waals surface area contributed by atoms with Gasteiger partial charge in [0.2, 0.25) is 0 Å². The highest BCUT2D eigenvalue weighted by molar-refractivity contribution is 7.16. The molecular formula is C13H20ClNS. The van der Waals surface area contributed by atoms with Gasteiger partial charge in [0.25, 0.3) is 0 Å². The molecule has 0 saturated heterocycles. The minimum atomic E-state index is 0.0224. The maximum atomic E-state index is 6.53. The van der Waals surface area contributed by atoms with Crippen molar-refractivity contribution in [2.45, 2.75) is 56.9 Å². The molecule has 16 heavy (non-hydrogen) atoms. The van der Waals surface area contributed by atoms with E-state index in [-0.39, 0.29) is 5.54 Å². The number of nitrogens with two attached hydrogens (primary N) is 1. The first kappa shape index (κ1) is 12.4. The lowest BCUT2D eigenvalue weighted by atomic mass is 9.82. The van der Waals surface area contributed by atoms with E-state index in [4.69, 9.17) is 17.3 Å². The topological polar surface area (TPSA) is 26.0 Å². The first-order chi connectivity index (χ1) is 7.68. The molecule has 1 saturated carbocycles. The summed E-state index contributed by atoms with van der Waals surface area (Å²) in [5.41, 5.74) is 6.56. The fourth-order valence-corrected chi connectivity index (χ4v) is 3.82. The van der Waals surface area contributed by atoms with Crippen LogP contribution in [0, 0.1) is 0 Å². The van der Waals surface area contributed by atoms with Crippen LogP contribution in [0.5, 0.6) is 0 Å². The zero-order chi connectivity index (χ0) is 11.4.